The summed E-state index contributed by atoms with van der Waals surface area (Å²) in [5.74, 6) is -0.726. The van der Waals surface area contributed by atoms with Crippen LogP contribution in [0.2, 0.25) is 0 Å². The van der Waals surface area contributed by atoms with E-state index < -0.39 is 5.97 Å². The van der Waals surface area contributed by atoms with E-state index in [9.17, 15) is 9.90 Å². The number of rotatable bonds is 2. The third-order valence-electron chi connectivity index (χ3n) is 3.09. The SMILES string of the molecule is Cc1cnccc1N1CCCCC1C(=O)O. The van der Waals surface area contributed by atoms with Crippen LogP contribution in [0.5, 0.6) is 0 Å². The Kier molecular flexibility index (Phi) is 3.08. The normalized spacial score (nSPS) is 20.8. The van der Waals surface area contributed by atoms with Crippen molar-refractivity contribution in [1.29, 1.82) is 0 Å². The van der Waals surface area contributed by atoms with Gasteiger partial charge in [-0.1, -0.05) is 0 Å². The summed E-state index contributed by atoms with van der Waals surface area (Å²) in [7, 11) is 0. The molecule has 86 valence electrons. The van der Waals surface area contributed by atoms with E-state index in [0.717, 1.165) is 37.1 Å². The quantitative estimate of drug-likeness (QED) is 0.826. The van der Waals surface area contributed by atoms with Crippen LogP contribution >= 0.6 is 0 Å². The second kappa shape index (κ2) is 4.51. The molecule has 16 heavy (non-hydrogen) atoms. The number of piperidine rings is 1. The summed E-state index contributed by atoms with van der Waals surface area (Å²) >= 11 is 0. The van der Waals surface area contributed by atoms with E-state index in [1.165, 1.54) is 0 Å². The summed E-state index contributed by atoms with van der Waals surface area (Å²) < 4.78 is 0. The Hall–Kier alpha value is -1.58. The molecule has 0 radical (unpaired) electrons. The number of hydrogen-bond donors (Lipinski definition) is 1. The molecule has 1 fully saturated rings. The third-order valence-corrected chi connectivity index (χ3v) is 3.09. The first-order chi connectivity index (χ1) is 7.70. The number of carbonyl (C=O) groups is 1. The van der Waals surface area contributed by atoms with Crippen LogP contribution < -0.4 is 4.90 Å². The molecule has 1 unspecified atom stereocenters. The molecule has 0 aliphatic carbocycles. The van der Waals surface area contributed by atoms with Crippen molar-refractivity contribution in [2.24, 2.45) is 0 Å². The maximum absolute atomic E-state index is 11.2. The number of aliphatic carboxylic acids is 1. The second-order valence-corrected chi connectivity index (χ2v) is 4.21. The highest BCUT2D eigenvalue weighted by Gasteiger charge is 2.29. The molecule has 2 rings (SSSR count). The number of carboxylic acids is 1. The van der Waals surface area contributed by atoms with E-state index >= 15 is 0 Å². The summed E-state index contributed by atoms with van der Waals surface area (Å²) in [5, 5.41) is 9.20. The van der Waals surface area contributed by atoms with Crippen molar-refractivity contribution < 1.29 is 9.90 Å². The second-order valence-electron chi connectivity index (χ2n) is 4.21. The average Bonchev–Trinajstić information content (AvgIpc) is 2.29. The molecule has 0 spiro atoms. The number of nitrogens with zero attached hydrogens (tertiary/aromatic N) is 2. The lowest BCUT2D eigenvalue weighted by molar-refractivity contribution is -0.139. The topological polar surface area (TPSA) is 53.4 Å². The summed E-state index contributed by atoms with van der Waals surface area (Å²) in [6.07, 6.45) is 6.29. The van der Waals surface area contributed by atoms with Gasteiger partial charge in [0.25, 0.3) is 0 Å². The molecule has 1 aromatic heterocycles. The first-order valence-corrected chi connectivity index (χ1v) is 5.60. The van der Waals surface area contributed by atoms with E-state index in [4.69, 9.17) is 0 Å². The van der Waals surface area contributed by atoms with E-state index in [1.54, 1.807) is 12.4 Å². The predicted octanol–water partition coefficient (Wildman–Crippen LogP) is 1.83. The van der Waals surface area contributed by atoms with Crippen LogP contribution in [0.1, 0.15) is 24.8 Å². The van der Waals surface area contributed by atoms with Gasteiger partial charge in [-0.2, -0.15) is 0 Å². The molecule has 0 amide bonds. The Morgan fingerprint density at radius 1 is 1.56 bits per heavy atom. The van der Waals surface area contributed by atoms with Gasteiger partial charge in [0.1, 0.15) is 6.04 Å². The molecule has 1 aliphatic rings. The van der Waals surface area contributed by atoms with Gasteiger partial charge in [-0.3, -0.25) is 4.98 Å². The molecule has 1 aromatic rings. The van der Waals surface area contributed by atoms with Crippen molar-refractivity contribution in [1.82, 2.24) is 4.98 Å². The minimum atomic E-state index is -0.726. The van der Waals surface area contributed by atoms with Gasteiger partial charge in [0.15, 0.2) is 0 Å². The van der Waals surface area contributed by atoms with Crippen molar-refractivity contribution in [2.75, 3.05) is 11.4 Å². The molecule has 4 nitrogen and oxygen atoms in total. The van der Waals surface area contributed by atoms with E-state index in [-0.39, 0.29) is 6.04 Å². The van der Waals surface area contributed by atoms with E-state index in [1.807, 2.05) is 17.9 Å². The number of anilines is 1. The van der Waals surface area contributed by atoms with Crippen LogP contribution in [-0.2, 0) is 4.79 Å². The van der Waals surface area contributed by atoms with Crippen LogP contribution in [0, 0.1) is 6.92 Å². The summed E-state index contributed by atoms with van der Waals surface area (Å²) in [5.41, 5.74) is 2.04. The molecule has 1 atom stereocenters. The summed E-state index contributed by atoms with van der Waals surface area (Å²) in [6, 6.07) is 1.52. The smallest absolute Gasteiger partial charge is 0.326 e. The lowest BCUT2D eigenvalue weighted by Gasteiger charge is -2.35. The molecule has 0 aromatic carbocycles. The van der Waals surface area contributed by atoms with Crippen molar-refractivity contribution >= 4 is 11.7 Å². The van der Waals surface area contributed by atoms with Gasteiger partial charge in [0, 0.05) is 24.6 Å². The number of aromatic nitrogens is 1. The van der Waals surface area contributed by atoms with Crippen molar-refractivity contribution in [2.45, 2.75) is 32.2 Å². The van der Waals surface area contributed by atoms with Crippen molar-refractivity contribution in [3.05, 3.63) is 24.0 Å². The summed E-state index contributed by atoms with van der Waals surface area (Å²) in [6.45, 7) is 2.79. The molecule has 4 heteroatoms. The van der Waals surface area contributed by atoms with Crippen molar-refractivity contribution in [3.8, 4) is 0 Å². The predicted molar refractivity (Wildman–Crippen MR) is 61.6 cm³/mol. The molecule has 0 saturated carbocycles. The maximum Gasteiger partial charge on any atom is 0.326 e. The van der Waals surface area contributed by atoms with Gasteiger partial charge in [-0.15, -0.1) is 0 Å². The minimum Gasteiger partial charge on any atom is -0.480 e. The minimum absolute atomic E-state index is 0.380. The monoisotopic (exact) mass is 220 g/mol. The summed E-state index contributed by atoms with van der Waals surface area (Å²) in [4.78, 5) is 17.2. The largest absolute Gasteiger partial charge is 0.480 e. The lowest BCUT2D eigenvalue weighted by Crippen LogP contribution is -2.45. The van der Waals surface area contributed by atoms with Crippen LogP contribution in [0.4, 0.5) is 5.69 Å². The maximum atomic E-state index is 11.2. The van der Waals surface area contributed by atoms with Gasteiger partial charge in [-0.25, -0.2) is 4.79 Å². The number of hydrogen-bond acceptors (Lipinski definition) is 3. The van der Waals surface area contributed by atoms with Crippen LogP contribution in [0.25, 0.3) is 0 Å². The first-order valence-electron chi connectivity index (χ1n) is 5.60. The highest BCUT2D eigenvalue weighted by molar-refractivity contribution is 5.78. The fourth-order valence-electron chi connectivity index (χ4n) is 2.26. The molecule has 1 aliphatic heterocycles. The van der Waals surface area contributed by atoms with Crippen LogP contribution in [-0.4, -0.2) is 28.6 Å². The van der Waals surface area contributed by atoms with Gasteiger partial charge in [-0.05, 0) is 37.8 Å². The highest BCUT2D eigenvalue weighted by atomic mass is 16.4. The number of carboxylic acid groups (broad SMARTS) is 1. The zero-order chi connectivity index (χ0) is 11.5. The Labute approximate surface area is 94.9 Å². The highest BCUT2D eigenvalue weighted by Crippen LogP contribution is 2.26. The third kappa shape index (κ3) is 2.01. The van der Waals surface area contributed by atoms with Gasteiger partial charge < -0.3 is 10.0 Å². The molecule has 1 N–H and O–H groups in total. The Morgan fingerprint density at radius 2 is 2.38 bits per heavy atom. The molecular weight excluding hydrogens is 204 g/mol. The van der Waals surface area contributed by atoms with Crippen LogP contribution in [0.3, 0.4) is 0 Å². The van der Waals surface area contributed by atoms with Crippen LogP contribution in [0.15, 0.2) is 18.5 Å². The van der Waals surface area contributed by atoms with E-state index in [2.05, 4.69) is 4.98 Å². The standard InChI is InChI=1S/C12H16N2O2/c1-9-8-13-6-5-10(9)14-7-3-2-4-11(14)12(15)16/h5-6,8,11H,2-4,7H2,1H3,(H,15,16). The fraction of sp³-hybridized carbons (Fsp3) is 0.500. The first kappa shape index (κ1) is 10.9. The number of aryl methyl sites for hydroxylation is 1. The Bertz CT molecular complexity index is 392. The Balaban J connectivity index is 2.30. The molecular formula is C12H16N2O2. The average molecular weight is 220 g/mol. The van der Waals surface area contributed by atoms with Gasteiger partial charge in [0.05, 0.1) is 0 Å². The van der Waals surface area contributed by atoms with Crippen molar-refractivity contribution in [3.63, 3.8) is 0 Å². The van der Waals surface area contributed by atoms with Gasteiger partial charge in [0.2, 0.25) is 0 Å². The Morgan fingerprint density at radius 3 is 3.06 bits per heavy atom. The molecule has 0 bridgehead atoms. The lowest BCUT2D eigenvalue weighted by atomic mass is 10.0. The van der Waals surface area contributed by atoms with E-state index in [0.29, 0.717) is 0 Å². The fourth-order valence-corrected chi connectivity index (χ4v) is 2.26. The molecule has 2 heterocycles. The number of pyridine rings is 1. The van der Waals surface area contributed by atoms with Gasteiger partial charge >= 0.3 is 5.97 Å². The zero-order valence-corrected chi connectivity index (χ0v) is 9.39. The molecule has 1 saturated heterocycles. The zero-order valence-electron chi connectivity index (χ0n) is 9.39.